The van der Waals surface area contributed by atoms with Gasteiger partial charge in [-0.15, -0.1) is 0 Å². The van der Waals surface area contributed by atoms with E-state index in [1.165, 1.54) is 33.4 Å². The lowest BCUT2D eigenvalue weighted by Gasteiger charge is -2.28. The van der Waals surface area contributed by atoms with Crippen molar-refractivity contribution >= 4 is 51.2 Å². The minimum absolute atomic E-state index is 1.09. The van der Waals surface area contributed by atoms with E-state index in [9.17, 15) is 0 Å². The van der Waals surface area contributed by atoms with E-state index >= 15 is 0 Å². The summed E-state index contributed by atoms with van der Waals surface area (Å²) in [6.07, 6.45) is 0. The van der Waals surface area contributed by atoms with Crippen molar-refractivity contribution in [3.05, 3.63) is 222 Å². The summed E-state index contributed by atoms with van der Waals surface area (Å²) in [5, 5.41) is 0. The second-order valence-electron chi connectivity index (χ2n) is 14.3. The highest BCUT2D eigenvalue weighted by Crippen LogP contribution is 2.40. The summed E-state index contributed by atoms with van der Waals surface area (Å²) in [7, 11) is 0. The summed E-state index contributed by atoms with van der Waals surface area (Å²) in [4.78, 5) is 6.95. The molecular weight excluding hydrogens is 667 g/mol. The molecule has 0 bridgehead atoms. The van der Waals surface area contributed by atoms with Gasteiger partial charge in [-0.2, -0.15) is 0 Å². The highest BCUT2D eigenvalue weighted by atomic mass is 15.2. The van der Waals surface area contributed by atoms with E-state index in [1.807, 2.05) is 0 Å². The van der Waals surface area contributed by atoms with E-state index in [2.05, 4.69) is 243 Å². The molecule has 268 valence electrons. The molecule has 0 amide bonds. The van der Waals surface area contributed by atoms with Crippen LogP contribution in [-0.4, -0.2) is 0 Å². The van der Waals surface area contributed by atoms with E-state index < -0.39 is 0 Å². The molecule has 0 aromatic heterocycles. The summed E-state index contributed by atoms with van der Waals surface area (Å²) >= 11 is 0. The first-order valence-electron chi connectivity index (χ1n) is 18.9. The number of aryl methyl sites for hydroxylation is 4. The van der Waals surface area contributed by atoms with Gasteiger partial charge < -0.3 is 14.7 Å². The van der Waals surface area contributed by atoms with Crippen molar-refractivity contribution in [2.75, 3.05) is 14.7 Å². The lowest BCUT2D eigenvalue weighted by molar-refractivity contribution is 1.25. The molecule has 8 rings (SSSR count). The van der Waals surface area contributed by atoms with Crippen LogP contribution in [0.15, 0.2) is 200 Å². The second-order valence-corrected chi connectivity index (χ2v) is 14.3. The van der Waals surface area contributed by atoms with Crippen LogP contribution in [0.1, 0.15) is 22.3 Å². The van der Waals surface area contributed by atoms with E-state index in [0.717, 1.165) is 51.2 Å². The van der Waals surface area contributed by atoms with Gasteiger partial charge in [0, 0.05) is 51.2 Å². The number of hydrogen-bond donors (Lipinski definition) is 0. The summed E-state index contributed by atoms with van der Waals surface area (Å²) in [5.74, 6) is 0. The third-order valence-electron chi connectivity index (χ3n) is 10.1. The molecule has 0 aliphatic carbocycles. The van der Waals surface area contributed by atoms with Gasteiger partial charge in [0.2, 0.25) is 0 Å². The molecule has 3 heteroatoms. The molecule has 0 atom stereocenters. The molecule has 8 aromatic rings. The maximum Gasteiger partial charge on any atom is 0.0463 e. The first kappa shape index (κ1) is 35.2. The third-order valence-corrected chi connectivity index (χ3v) is 10.1. The summed E-state index contributed by atoms with van der Waals surface area (Å²) in [6, 6.07) is 72.2. The van der Waals surface area contributed by atoms with Crippen LogP contribution in [-0.2, 0) is 0 Å². The average molecular weight is 712 g/mol. The molecule has 0 aliphatic rings. The van der Waals surface area contributed by atoms with Gasteiger partial charge in [-0.05, 0) is 148 Å². The van der Waals surface area contributed by atoms with Crippen LogP contribution in [0.3, 0.4) is 0 Å². The van der Waals surface area contributed by atoms with Crippen LogP contribution in [0.25, 0.3) is 11.1 Å². The Bertz CT molecular complexity index is 2410. The Hall–Kier alpha value is -6.84. The van der Waals surface area contributed by atoms with Crippen LogP contribution >= 0.6 is 0 Å². The molecule has 0 saturated carbocycles. The van der Waals surface area contributed by atoms with E-state index in [4.69, 9.17) is 0 Å². The van der Waals surface area contributed by atoms with Crippen molar-refractivity contribution in [1.29, 1.82) is 0 Å². The normalized spacial score (nSPS) is 10.9. The summed E-state index contributed by atoms with van der Waals surface area (Å²) in [6.45, 7) is 8.51. The Balaban J connectivity index is 1.10. The maximum atomic E-state index is 2.33. The minimum atomic E-state index is 1.09. The molecule has 0 unspecified atom stereocenters. The fraction of sp³-hybridized carbons (Fsp3) is 0.0769. The van der Waals surface area contributed by atoms with Gasteiger partial charge in [-0.1, -0.05) is 113 Å². The van der Waals surface area contributed by atoms with Gasteiger partial charge in [0.15, 0.2) is 0 Å². The summed E-state index contributed by atoms with van der Waals surface area (Å²) < 4.78 is 0. The minimum Gasteiger partial charge on any atom is -0.311 e. The molecule has 0 spiro atoms. The van der Waals surface area contributed by atoms with E-state index in [0.29, 0.717) is 0 Å². The molecule has 0 radical (unpaired) electrons. The predicted octanol–water partition coefficient (Wildman–Crippen LogP) is 15.0. The van der Waals surface area contributed by atoms with Crippen molar-refractivity contribution < 1.29 is 0 Å². The number of anilines is 9. The monoisotopic (exact) mass is 711 g/mol. The molecule has 0 saturated heterocycles. The van der Waals surface area contributed by atoms with Gasteiger partial charge in [0.1, 0.15) is 0 Å². The molecule has 0 fully saturated rings. The van der Waals surface area contributed by atoms with Gasteiger partial charge in [0.25, 0.3) is 0 Å². The average Bonchev–Trinajstić information content (AvgIpc) is 3.23. The molecule has 8 aromatic carbocycles. The Kier molecular flexibility index (Phi) is 10.0. The van der Waals surface area contributed by atoms with Gasteiger partial charge in [-0.25, -0.2) is 0 Å². The summed E-state index contributed by atoms with van der Waals surface area (Å²) in [5.41, 5.74) is 17.4. The Morgan fingerprint density at radius 2 is 0.382 bits per heavy atom. The number of benzene rings is 8. The fourth-order valence-corrected chi connectivity index (χ4v) is 7.05. The van der Waals surface area contributed by atoms with Crippen LogP contribution in [0.5, 0.6) is 0 Å². The highest BCUT2D eigenvalue weighted by molar-refractivity contribution is 5.83. The number of para-hydroxylation sites is 1. The molecule has 3 nitrogen and oxygen atoms in total. The molecule has 0 aliphatic heterocycles. The second kappa shape index (κ2) is 15.6. The SMILES string of the molecule is Cc1ccc(N(c2ccc(C)cc2)c2ccc(-c3ccc(N(c4ccc(C)cc4)c4ccc(N(c5ccccc5)c5ccc(C)cc5)cc4)cc3)cc2)cc1. The van der Waals surface area contributed by atoms with Crippen LogP contribution in [0.4, 0.5) is 51.2 Å². The van der Waals surface area contributed by atoms with E-state index in [-0.39, 0.29) is 0 Å². The van der Waals surface area contributed by atoms with Crippen molar-refractivity contribution in [2.24, 2.45) is 0 Å². The van der Waals surface area contributed by atoms with Gasteiger partial charge in [-0.3, -0.25) is 0 Å². The van der Waals surface area contributed by atoms with Gasteiger partial charge in [0.05, 0.1) is 0 Å². The van der Waals surface area contributed by atoms with Gasteiger partial charge >= 0.3 is 0 Å². The van der Waals surface area contributed by atoms with Crippen molar-refractivity contribution in [1.82, 2.24) is 0 Å². The lowest BCUT2D eigenvalue weighted by Crippen LogP contribution is -2.12. The largest absolute Gasteiger partial charge is 0.311 e. The lowest BCUT2D eigenvalue weighted by atomic mass is 10.0. The zero-order valence-electron chi connectivity index (χ0n) is 31.9. The quantitative estimate of drug-likeness (QED) is 0.140. The van der Waals surface area contributed by atoms with Crippen LogP contribution in [0, 0.1) is 27.7 Å². The van der Waals surface area contributed by atoms with Crippen LogP contribution in [0.2, 0.25) is 0 Å². The Labute approximate surface area is 326 Å². The zero-order valence-corrected chi connectivity index (χ0v) is 31.9. The van der Waals surface area contributed by atoms with Crippen molar-refractivity contribution in [2.45, 2.75) is 27.7 Å². The first-order valence-corrected chi connectivity index (χ1v) is 18.9. The predicted molar refractivity (Wildman–Crippen MR) is 235 cm³/mol. The van der Waals surface area contributed by atoms with Crippen molar-refractivity contribution in [3.8, 4) is 11.1 Å². The molecule has 55 heavy (non-hydrogen) atoms. The number of rotatable bonds is 10. The molecule has 0 heterocycles. The van der Waals surface area contributed by atoms with Crippen LogP contribution < -0.4 is 14.7 Å². The Morgan fingerprint density at radius 3 is 0.618 bits per heavy atom. The zero-order chi connectivity index (χ0) is 37.7. The number of nitrogens with zero attached hydrogens (tertiary/aromatic N) is 3. The standard InChI is InChI=1S/C52H45N3/c1-38-10-22-45(23-11-38)53(44-8-6-5-7-9-44)51-34-36-52(37-35-51)55(48-28-16-41(4)17-29-48)50-32-20-43(21-33-50)42-18-30-49(31-19-42)54(46-24-12-39(2)13-25-46)47-26-14-40(3)15-27-47/h5-37H,1-4H3. The maximum absolute atomic E-state index is 2.33. The Morgan fingerprint density at radius 1 is 0.200 bits per heavy atom. The highest BCUT2D eigenvalue weighted by Gasteiger charge is 2.17. The topological polar surface area (TPSA) is 9.72 Å². The van der Waals surface area contributed by atoms with E-state index in [1.54, 1.807) is 0 Å². The smallest absolute Gasteiger partial charge is 0.0463 e. The fourth-order valence-electron chi connectivity index (χ4n) is 7.05. The third kappa shape index (κ3) is 7.78. The molecular formula is C52H45N3. The molecule has 0 N–H and O–H groups in total. The first-order chi connectivity index (χ1) is 26.9. The number of hydrogen-bond acceptors (Lipinski definition) is 3. The van der Waals surface area contributed by atoms with Crippen molar-refractivity contribution in [3.63, 3.8) is 0 Å².